The molecule has 2 aromatic carbocycles. The lowest BCUT2D eigenvalue weighted by Gasteiger charge is -2.34. The Morgan fingerprint density at radius 2 is 2.00 bits per heavy atom. The van der Waals surface area contributed by atoms with Gasteiger partial charge in [-0.15, -0.1) is 0 Å². The third-order valence-electron chi connectivity index (χ3n) is 4.61. The summed E-state index contributed by atoms with van der Waals surface area (Å²) in [5.41, 5.74) is 2.37. The zero-order valence-corrected chi connectivity index (χ0v) is 14.7. The number of ether oxygens (including phenoxy) is 1. The van der Waals surface area contributed by atoms with Crippen LogP contribution in [0.4, 0.5) is 5.69 Å². The van der Waals surface area contributed by atoms with Crippen LogP contribution in [0.3, 0.4) is 0 Å². The Bertz CT molecular complexity index is 743. The number of likely N-dealkylation sites (tertiary alicyclic amines) is 1. The Labute approximate surface area is 148 Å². The smallest absolute Gasteiger partial charge is 0.253 e. The second kappa shape index (κ2) is 7.47. The fourth-order valence-corrected chi connectivity index (χ4v) is 3.17. The molecule has 1 fully saturated rings. The van der Waals surface area contributed by atoms with Gasteiger partial charge in [0.25, 0.3) is 5.91 Å². The number of benzene rings is 2. The summed E-state index contributed by atoms with van der Waals surface area (Å²) in [5, 5.41) is 13.1. The summed E-state index contributed by atoms with van der Waals surface area (Å²) in [5.74, 6) is 1.06. The highest BCUT2D eigenvalue weighted by Crippen LogP contribution is 2.22. The Balaban J connectivity index is 1.65. The Kier molecular flexibility index (Phi) is 5.12. The van der Waals surface area contributed by atoms with E-state index in [0.29, 0.717) is 12.1 Å². The number of carbonyl (C=O) groups excluding carboxylic acids is 1. The topological polar surface area (TPSA) is 61.8 Å². The SMILES string of the molecule is COc1ccc(NC2CCCN(C(=O)c3ccc(O)c(C)c3)C2)cc1. The number of phenolic OH excluding ortho intramolecular Hbond substituents is 1. The molecular formula is C20H24N2O3. The largest absolute Gasteiger partial charge is 0.508 e. The molecule has 0 aliphatic carbocycles. The molecule has 0 spiro atoms. The van der Waals surface area contributed by atoms with Crippen LogP contribution in [0.25, 0.3) is 0 Å². The fraction of sp³-hybridized carbons (Fsp3) is 0.350. The third-order valence-corrected chi connectivity index (χ3v) is 4.61. The van der Waals surface area contributed by atoms with Gasteiger partial charge in [-0.05, 0) is 67.8 Å². The van der Waals surface area contributed by atoms with Crippen molar-refractivity contribution in [3.8, 4) is 11.5 Å². The quantitative estimate of drug-likeness (QED) is 0.895. The minimum absolute atomic E-state index is 0.0179. The van der Waals surface area contributed by atoms with Gasteiger partial charge in [0.05, 0.1) is 7.11 Å². The molecule has 1 heterocycles. The van der Waals surface area contributed by atoms with E-state index in [-0.39, 0.29) is 17.7 Å². The molecule has 0 aromatic heterocycles. The molecule has 0 bridgehead atoms. The van der Waals surface area contributed by atoms with Crippen LogP contribution in [0.15, 0.2) is 42.5 Å². The highest BCUT2D eigenvalue weighted by atomic mass is 16.5. The lowest BCUT2D eigenvalue weighted by atomic mass is 10.0. The Hall–Kier alpha value is -2.69. The maximum Gasteiger partial charge on any atom is 0.253 e. The van der Waals surface area contributed by atoms with Gasteiger partial charge in [0.15, 0.2) is 0 Å². The zero-order valence-electron chi connectivity index (χ0n) is 14.7. The van der Waals surface area contributed by atoms with Crippen LogP contribution in [0.5, 0.6) is 11.5 Å². The van der Waals surface area contributed by atoms with E-state index in [9.17, 15) is 9.90 Å². The molecule has 5 nitrogen and oxygen atoms in total. The molecule has 1 unspecified atom stereocenters. The molecule has 2 N–H and O–H groups in total. The third kappa shape index (κ3) is 4.05. The van der Waals surface area contributed by atoms with E-state index in [2.05, 4.69) is 5.32 Å². The number of amides is 1. The molecule has 25 heavy (non-hydrogen) atoms. The Morgan fingerprint density at radius 3 is 2.68 bits per heavy atom. The number of aromatic hydroxyl groups is 1. The van der Waals surface area contributed by atoms with Crippen LogP contribution in [0.1, 0.15) is 28.8 Å². The molecule has 1 aliphatic rings. The number of rotatable bonds is 4. The maximum atomic E-state index is 12.7. The number of methoxy groups -OCH3 is 1. The summed E-state index contributed by atoms with van der Waals surface area (Å²) in [7, 11) is 1.65. The average Bonchev–Trinajstić information content (AvgIpc) is 2.64. The molecule has 3 rings (SSSR count). The van der Waals surface area contributed by atoms with Crippen LogP contribution in [-0.2, 0) is 0 Å². The van der Waals surface area contributed by atoms with Crippen molar-refractivity contribution < 1.29 is 14.6 Å². The van der Waals surface area contributed by atoms with Crippen molar-refractivity contribution in [3.05, 3.63) is 53.6 Å². The molecule has 5 heteroatoms. The van der Waals surface area contributed by atoms with Crippen molar-refractivity contribution >= 4 is 11.6 Å². The first-order valence-corrected chi connectivity index (χ1v) is 8.56. The van der Waals surface area contributed by atoms with E-state index < -0.39 is 0 Å². The molecular weight excluding hydrogens is 316 g/mol. The zero-order chi connectivity index (χ0) is 17.8. The van der Waals surface area contributed by atoms with Gasteiger partial charge in [-0.1, -0.05) is 0 Å². The van der Waals surface area contributed by atoms with Crippen molar-refractivity contribution in [1.29, 1.82) is 0 Å². The molecule has 1 saturated heterocycles. The summed E-state index contributed by atoms with van der Waals surface area (Å²) in [6.45, 7) is 3.24. The fourth-order valence-electron chi connectivity index (χ4n) is 3.17. The lowest BCUT2D eigenvalue weighted by Crippen LogP contribution is -2.45. The number of hydrogen-bond acceptors (Lipinski definition) is 4. The summed E-state index contributed by atoms with van der Waals surface area (Å²) in [6, 6.07) is 13.1. The van der Waals surface area contributed by atoms with E-state index in [4.69, 9.17) is 4.74 Å². The van der Waals surface area contributed by atoms with Gasteiger partial charge >= 0.3 is 0 Å². The summed E-state index contributed by atoms with van der Waals surface area (Å²) >= 11 is 0. The minimum atomic E-state index is 0.0179. The second-order valence-electron chi connectivity index (χ2n) is 6.46. The molecule has 1 aliphatic heterocycles. The van der Waals surface area contributed by atoms with Crippen LogP contribution in [-0.4, -0.2) is 42.2 Å². The van der Waals surface area contributed by atoms with Gasteiger partial charge < -0.3 is 20.1 Å². The average molecular weight is 340 g/mol. The number of aryl methyl sites for hydroxylation is 1. The van der Waals surface area contributed by atoms with Crippen molar-refractivity contribution in [2.45, 2.75) is 25.8 Å². The first-order valence-electron chi connectivity index (χ1n) is 8.56. The highest BCUT2D eigenvalue weighted by Gasteiger charge is 2.24. The van der Waals surface area contributed by atoms with Gasteiger partial charge in [-0.2, -0.15) is 0 Å². The summed E-state index contributed by atoms with van der Waals surface area (Å²) < 4.78 is 5.18. The molecule has 132 valence electrons. The van der Waals surface area contributed by atoms with Crippen LogP contribution < -0.4 is 10.1 Å². The molecule has 0 saturated carbocycles. The van der Waals surface area contributed by atoms with Crippen molar-refractivity contribution in [1.82, 2.24) is 4.90 Å². The van der Waals surface area contributed by atoms with Gasteiger partial charge in [0.1, 0.15) is 11.5 Å². The van der Waals surface area contributed by atoms with E-state index >= 15 is 0 Å². The monoisotopic (exact) mass is 340 g/mol. The van der Waals surface area contributed by atoms with Gasteiger partial charge in [0, 0.05) is 30.4 Å². The van der Waals surface area contributed by atoms with Crippen LogP contribution >= 0.6 is 0 Å². The number of carbonyl (C=O) groups is 1. The molecule has 0 radical (unpaired) electrons. The molecule has 1 amide bonds. The first-order chi connectivity index (χ1) is 12.1. The second-order valence-corrected chi connectivity index (χ2v) is 6.46. The standard InChI is InChI=1S/C20H24N2O3/c1-14-12-15(5-10-19(14)23)20(24)22-11-3-4-17(13-22)21-16-6-8-18(25-2)9-7-16/h5-10,12,17,21,23H,3-4,11,13H2,1-2H3. The lowest BCUT2D eigenvalue weighted by molar-refractivity contribution is 0.0714. The number of hydrogen-bond donors (Lipinski definition) is 2. The van der Waals surface area contributed by atoms with Crippen molar-refractivity contribution in [2.24, 2.45) is 0 Å². The van der Waals surface area contributed by atoms with E-state index in [1.165, 1.54) is 0 Å². The molecule has 2 aromatic rings. The number of nitrogens with zero attached hydrogens (tertiary/aromatic N) is 1. The van der Waals surface area contributed by atoms with E-state index in [1.54, 1.807) is 32.2 Å². The predicted molar refractivity (Wildman–Crippen MR) is 98.4 cm³/mol. The van der Waals surface area contributed by atoms with Crippen molar-refractivity contribution in [3.63, 3.8) is 0 Å². The van der Waals surface area contributed by atoms with E-state index in [0.717, 1.165) is 36.4 Å². The number of anilines is 1. The summed E-state index contributed by atoms with van der Waals surface area (Å²) in [6.07, 6.45) is 2.00. The number of nitrogens with one attached hydrogen (secondary N) is 1. The van der Waals surface area contributed by atoms with Gasteiger partial charge in [0.2, 0.25) is 0 Å². The van der Waals surface area contributed by atoms with Crippen molar-refractivity contribution in [2.75, 3.05) is 25.5 Å². The predicted octanol–water partition coefficient (Wildman–Crippen LogP) is 3.43. The van der Waals surface area contributed by atoms with E-state index in [1.807, 2.05) is 29.2 Å². The van der Waals surface area contributed by atoms with Gasteiger partial charge in [-0.3, -0.25) is 4.79 Å². The summed E-state index contributed by atoms with van der Waals surface area (Å²) in [4.78, 5) is 14.6. The molecule has 1 atom stereocenters. The maximum absolute atomic E-state index is 12.7. The number of piperidine rings is 1. The minimum Gasteiger partial charge on any atom is -0.508 e. The first kappa shape index (κ1) is 17.1. The van der Waals surface area contributed by atoms with Gasteiger partial charge in [-0.25, -0.2) is 0 Å². The van der Waals surface area contributed by atoms with Crippen LogP contribution in [0, 0.1) is 6.92 Å². The van der Waals surface area contributed by atoms with Crippen LogP contribution in [0.2, 0.25) is 0 Å². The Morgan fingerprint density at radius 1 is 1.24 bits per heavy atom. The normalized spacial score (nSPS) is 17.2. The highest BCUT2D eigenvalue weighted by molar-refractivity contribution is 5.94. The number of phenols is 1.